The summed E-state index contributed by atoms with van der Waals surface area (Å²) >= 11 is 1.36. The first-order valence-electron chi connectivity index (χ1n) is 10.5. The number of nitrogens with zero attached hydrogens (tertiary/aromatic N) is 4. The molecule has 0 aliphatic carbocycles. The van der Waals surface area contributed by atoms with E-state index in [1.165, 1.54) is 31.0 Å². The molecule has 0 radical (unpaired) electrons. The average Bonchev–Trinajstić information content (AvgIpc) is 3.21. The van der Waals surface area contributed by atoms with E-state index in [9.17, 15) is 13.2 Å². The Morgan fingerprint density at radius 2 is 1.71 bits per heavy atom. The summed E-state index contributed by atoms with van der Waals surface area (Å²) in [6.07, 6.45) is -2.54. The third kappa shape index (κ3) is 5.02. The van der Waals surface area contributed by atoms with Crippen LogP contribution in [0.15, 0.2) is 59.8 Å². The SMILES string of the molecule is COc1nc(SC)nc2c1c(COCc1ccccc1)nn2C(C)c1ccc(C(F)(F)F)cc1. The molecule has 2 aromatic carbocycles. The number of rotatable bonds is 8. The molecule has 0 fully saturated rings. The third-order valence-electron chi connectivity index (χ3n) is 5.38. The molecule has 178 valence electrons. The van der Waals surface area contributed by atoms with Crippen molar-refractivity contribution in [3.63, 3.8) is 0 Å². The second-order valence-corrected chi connectivity index (χ2v) is 8.36. The largest absolute Gasteiger partial charge is 0.480 e. The molecule has 0 saturated heterocycles. The van der Waals surface area contributed by atoms with E-state index in [0.29, 0.717) is 39.9 Å². The molecule has 10 heteroatoms. The number of fused-ring (bicyclic) bond motifs is 1. The highest BCUT2D eigenvalue weighted by Crippen LogP contribution is 2.34. The van der Waals surface area contributed by atoms with E-state index in [0.717, 1.165) is 17.7 Å². The Balaban J connectivity index is 1.71. The van der Waals surface area contributed by atoms with Gasteiger partial charge in [-0.2, -0.15) is 23.3 Å². The van der Waals surface area contributed by atoms with Gasteiger partial charge in [-0.15, -0.1) is 0 Å². The highest BCUT2D eigenvalue weighted by molar-refractivity contribution is 7.98. The molecule has 2 aromatic heterocycles. The van der Waals surface area contributed by atoms with Gasteiger partial charge in [0.2, 0.25) is 5.88 Å². The van der Waals surface area contributed by atoms with Crippen molar-refractivity contribution in [1.29, 1.82) is 0 Å². The summed E-state index contributed by atoms with van der Waals surface area (Å²) in [6.45, 7) is 2.45. The van der Waals surface area contributed by atoms with Gasteiger partial charge in [0.15, 0.2) is 10.8 Å². The van der Waals surface area contributed by atoms with Gasteiger partial charge >= 0.3 is 6.18 Å². The molecule has 4 aromatic rings. The molecule has 6 nitrogen and oxygen atoms in total. The summed E-state index contributed by atoms with van der Waals surface area (Å²) in [4.78, 5) is 9.07. The van der Waals surface area contributed by atoms with Gasteiger partial charge in [0.25, 0.3) is 0 Å². The maximum atomic E-state index is 13.0. The van der Waals surface area contributed by atoms with Gasteiger partial charge in [-0.05, 0) is 36.4 Å². The number of halogens is 3. The smallest absolute Gasteiger partial charge is 0.416 e. The Morgan fingerprint density at radius 1 is 1.00 bits per heavy atom. The Kier molecular flexibility index (Phi) is 7.08. The average molecular weight is 489 g/mol. The van der Waals surface area contributed by atoms with Crippen LogP contribution in [0.3, 0.4) is 0 Å². The quantitative estimate of drug-likeness (QED) is 0.227. The summed E-state index contributed by atoms with van der Waals surface area (Å²) in [7, 11) is 1.52. The van der Waals surface area contributed by atoms with E-state index in [2.05, 4.69) is 9.97 Å². The van der Waals surface area contributed by atoms with Crippen LogP contribution >= 0.6 is 11.8 Å². The van der Waals surface area contributed by atoms with Crippen molar-refractivity contribution in [3.8, 4) is 5.88 Å². The lowest BCUT2D eigenvalue weighted by molar-refractivity contribution is -0.137. The van der Waals surface area contributed by atoms with Crippen LogP contribution in [0.1, 0.15) is 35.3 Å². The zero-order chi connectivity index (χ0) is 24.3. The zero-order valence-corrected chi connectivity index (χ0v) is 19.7. The molecule has 2 heterocycles. The highest BCUT2D eigenvalue weighted by Gasteiger charge is 2.30. The Labute approximate surface area is 199 Å². The molecule has 0 aliphatic heterocycles. The summed E-state index contributed by atoms with van der Waals surface area (Å²) in [5.41, 5.74) is 2.11. The van der Waals surface area contributed by atoms with Gasteiger partial charge in [-0.1, -0.05) is 54.2 Å². The molecule has 0 spiro atoms. The van der Waals surface area contributed by atoms with Crippen LogP contribution < -0.4 is 4.74 Å². The molecular weight excluding hydrogens is 465 g/mol. The molecule has 4 rings (SSSR count). The predicted molar refractivity (Wildman–Crippen MR) is 124 cm³/mol. The molecule has 0 saturated carbocycles. The summed E-state index contributed by atoms with van der Waals surface area (Å²) in [6, 6.07) is 14.4. The lowest BCUT2D eigenvalue weighted by Gasteiger charge is -2.15. The van der Waals surface area contributed by atoms with E-state index in [-0.39, 0.29) is 12.6 Å². The van der Waals surface area contributed by atoms with Crippen LogP contribution in [0.2, 0.25) is 0 Å². The fourth-order valence-electron chi connectivity index (χ4n) is 3.60. The number of aromatic nitrogens is 4. The topological polar surface area (TPSA) is 62.1 Å². The lowest BCUT2D eigenvalue weighted by Crippen LogP contribution is -2.11. The van der Waals surface area contributed by atoms with E-state index >= 15 is 0 Å². The monoisotopic (exact) mass is 488 g/mol. The molecule has 0 bridgehead atoms. The van der Waals surface area contributed by atoms with Crippen LogP contribution in [0.25, 0.3) is 11.0 Å². The summed E-state index contributed by atoms with van der Waals surface area (Å²) in [5, 5.41) is 5.85. The van der Waals surface area contributed by atoms with Crippen molar-refractivity contribution in [2.45, 2.75) is 37.5 Å². The van der Waals surface area contributed by atoms with Gasteiger partial charge in [-0.3, -0.25) is 0 Å². The molecule has 1 unspecified atom stereocenters. The first kappa shape index (κ1) is 24.0. The van der Waals surface area contributed by atoms with Crippen molar-refractivity contribution in [3.05, 3.63) is 77.0 Å². The minimum Gasteiger partial charge on any atom is -0.480 e. The number of hydrogen-bond donors (Lipinski definition) is 0. The predicted octanol–water partition coefficient (Wildman–Crippen LogP) is 5.90. The minimum absolute atomic E-state index is 0.191. The van der Waals surface area contributed by atoms with Gasteiger partial charge in [0.1, 0.15) is 11.1 Å². The standard InChI is InChI=1S/C24H23F3N4O2S/c1-15(17-9-11-18(12-10-17)24(25,26)27)31-21-20(22(32-2)29-23(28-21)34-3)19(30-31)14-33-13-16-7-5-4-6-8-16/h4-12,15H,13-14H2,1-3H3. The number of ether oxygens (including phenoxy) is 2. The number of alkyl halides is 3. The second-order valence-electron chi connectivity index (χ2n) is 7.58. The zero-order valence-electron chi connectivity index (χ0n) is 18.8. The van der Waals surface area contributed by atoms with Gasteiger partial charge in [0, 0.05) is 0 Å². The fraction of sp³-hybridized carbons (Fsp3) is 0.292. The lowest BCUT2D eigenvalue weighted by atomic mass is 10.1. The van der Waals surface area contributed by atoms with Crippen LogP contribution in [0.5, 0.6) is 5.88 Å². The van der Waals surface area contributed by atoms with Crippen molar-refractivity contribution < 1.29 is 22.6 Å². The fourth-order valence-corrected chi connectivity index (χ4v) is 3.95. The van der Waals surface area contributed by atoms with Crippen molar-refractivity contribution in [2.24, 2.45) is 0 Å². The number of hydrogen-bond acceptors (Lipinski definition) is 6. The maximum Gasteiger partial charge on any atom is 0.416 e. The molecule has 0 amide bonds. The van der Waals surface area contributed by atoms with E-state index in [1.54, 1.807) is 4.68 Å². The van der Waals surface area contributed by atoms with Gasteiger partial charge in [-0.25, -0.2) is 9.67 Å². The van der Waals surface area contributed by atoms with E-state index in [1.807, 2.05) is 43.5 Å². The first-order valence-corrected chi connectivity index (χ1v) is 11.7. The highest BCUT2D eigenvalue weighted by atomic mass is 32.2. The Morgan fingerprint density at radius 3 is 2.32 bits per heavy atom. The molecule has 0 N–H and O–H groups in total. The minimum atomic E-state index is -4.39. The van der Waals surface area contributed by atoms with Crippen LogP contribution in [-0.2, 0) is 24.1 Å². The second kappa shape index (κ2) is 10.0. The van der Waals surface area contributed by atoms with Crippen molar-refractivity contribution in [2.75, 3.05) is 13.4 Å². The maximum absolute atomic E-state index is 13.0. The summed E-state index contributed by atoms with van der Waals surface area (Å²) in [5.74, 6) is 0.374. The first-order chi connectivity index (χ1) is 16.3. The normalized spacial score (nSPS) is 12.8. The molecule has 1 atom stereocenters. The van der Waals surface area contributed by atoms with Crippen LogP contribution in [0.4, 0.5) is 13.2 Å². The number of thioether (sulfide) groups is 1. The summed E-state index contributed by atoms with van der Waals surface area (Å²) < 4.78 is 52.1. The van der Waals surface area contributed by atoms with Crippen LogP contribution in [-0.4, -0.2) is 33.1 Å². The van der Waals surface area contributed by atoms with E-state index in [4.69, 9.17) is 14.6 Å². The number of benzene rings is 2. The third-order valence-corrected chi connectivity index (χ3v) is 5.93. The number of methoxy groups -OCH3 is 1. The van der Waals surface area contributed by atoms with Crippen LogP contribution in [0, 0.1) is 0 Å². The van der Waals surface area contributed by atoms with Gasteiger partial charge in [0.05, 0.1) is 31.9 Å². The molecule has 34 heavy (non-hydrogen) atoms. The van der Waals surface area contributed by atoms with Gasteiger partial charge < -0.3 is 9.47 Å². The Hall–Kier alpha value is -3.11. The van der Waals surface area contributed by atoms with E-state index < -0.39 is 11.7 Å². The van der Waals surface area contributed by atoms with Crippen molar-refractivity contribution >= 4 is 22.8 Å². The molecular formula is C24H23F3N4O2S. The van der Waals surface area contributed by atoms with Crippen molar-refractivity contribution in [1.82, 2.24) is 19.7 Å². The Bertz CT molecular complexity index is 1260. The molecule has 0 aliphatic rings.